The van der Waals surface area contributed by atoms with Gasteiger partial charge in [-0.3, -0.25) is 0 Å². The highest BCUT2D eigenvalue weighted by molar-refractivity contribution is 9.10. The number of hydrogen-bond donors (Lipinski definition) is 3. The van der Waals surface area contributed by atoms with E-state index in [0.717, 1.165) is 12.1 Å². The van der Waals surface area contributed by atoms with Gasteiger partial charge in [0.25, 0.3) is 0 Å². The summed E-state index contributed by atoms with van der Waals surface area (Å²) in [6, 6.07) is 2.10. The Kier molecular flexibility index (Phi) is 4.15. The van der Waals surface area contributed by atoms with Crippen molar-refractivity contribution < 1.29 is 24.1 Å². The fourth-order valence-corrected chi connectivity index (χ4v) is 1.45. The molecule has 0 aliphatic rings. The van der Waals surface area contributed by atoms with Gasteiger partial charge in [0.05, 0.1) is 16.6 Å². The highest BCUT2D eigenvalue weighted by Crippen LogP contribution is 2.28. The van der Waals surface area contributed by atoms with Crippen LogP contribution in [0.25, 0.3) is 0 Å². The van der Waals surface area contributed by atoms with Gasteiger partial charge in [-0.2, -0.15) is 0 Å². The van der Waals surface area contributed by atoms with Gasteiger partial charge in [-0.25, -0.2) is 8.78 Å². The first-order valence-electron chi connectivity index (χ1n) is 4.09. The van der Waals surface area contributed by atoms with E-state index in [4.69, 9.17) is 10.2 Å². The van der Waals surface area contributed by atoms with E-state index in [1.807, 2.05) is 0 Å². The second-order valence-corrected chi connectivity index (χ2v) is 3.81. The molecule has 0 aromatic heterocycles. The molecule has 0 fully saturated rings. The third kappa shape index (κ3) is 2.52. The summed E-state index contributed by atoms with van der Waals surface area (Å²) in [5.41, 5.74) is -0.661. The Morgan fingerprint density at radius 2 is 1.87 bits per heavy atom. The molecule has 0 amide bonds. The molecule has 0 saturated heterocycles. The summed E-state index contributed by atoms with van der Waals surface area (Å²) in [6.07, 6.45) is -3.42. The van der Waals surface area contributed by atoms with Gasteiger partial charge >= 0.3 is 0 Å². The summed E-state index contributed by atoms with van der Waals surface area (Å²) < 4.78 is 26.5. The summed E-state index contributed by atoms with van der Waals surface area (Å²) >= 11 is 2.82. The maximum Gasteiger partial charge on any atom is 0.146 e. The van der Waals surface area contributed by atoms with Crippen molar-refractivity contribution in [3.8, 4) is 0 Å². The van der Waals surface area contributed by atoms with Gasteiger partial charge in [0, 0.05) is 0 Å². The van der Waals surface area contributed by atoms with E-state index in [1.54, 1.807) is 0 Å². The molecule has 84 valence electrons. The van der Waals surface area contributed by atoms with Gasteiger partial charge in [-0.15, -0.1) is 0 Å². The Labute approximate surface area is 93.1 Å². The van der Waals surface area contributed by atoms with Gasteiger partial charge in [0.1, 0.15) is 23.8 Å². The zero-order chi connectivity index (χ0) is 11.6. The zero-order valence-electron chi connectivity index (χ0n) is 7.49. The molecular formula is C9H9BrF2O3. The van der Waals surface area contributed by atoms with Crippen LogP contribution >= 0.6 is 15.9 Å². The smallest absolute Gasteiger partial charge is 0.146 e. The summed E-state index contributed by atoms with van der Waals surface area (Å²) in [6.45, 7) is -0.785. The summed E-state index contributed by atoms with van der Waals surface area (Å²) in [4.78, 5) is 0. The molecule has 0 bridgehead atoms. The molecule has 2 atom stereocenters. The van der Waals surface area contributed by atoms with Crippen LogP contribution in [0.4, 0.5) is 8.78 Å². The Hall–Kier alpha value is -0.560. The lowest BCUT2D eigenvalue weighted by Crippen LogP contribution is -2.24. The summed E-state index contributed by atoms with van der Waals surface area (Å²) in [7, 11) is 0. The standard InChI is InChI=1S/C9H9BrF2O3/c10-4-1-2-5(11)7(8(4)12)9(15)6(14)3-13/h1-2,6,9,13-15H,3H2. The van der Waals surface area contributed by atoms with Crippen molar-refractivity contribution in [2.45, 2.75) is 12.2 Å². The average Bonchev–Trinajstić information content (AvgIpc) is 2.22. The lowest BCUT2D eigenvalue weighted by molar-refractivity contribution is -0.0185. The van der Waals surface area contributed by atoms with Crippen molar-refractivity contribution in [3.63, 3.8) is 0 Å². The van der Waals surface area contributed by atoms with E-state index in [2.05, 4.69) is 15.9 Å². The highest BCUT2D eigenvalue weighted by atomic mass is 79.9. The topological polar surface area (TPSA) is 60.7 Å². The van der Waals surface area contributed by atoms with Crippen molar-refractivity contribution in [2.24, 2.45) is 0 Å². The number of halogens is 3. The van der Waals surface area contributed by atoms with Gasteiger partial charge in [0.15, 0.2) is 0 Å². The SMILES string of the molecule is OCC(O)C(O)c1c(F)ccc(Br)c1F. The second kappa shape index (κ2) is 4.98. The molecule has 3 nitrogen and oxygen atoms in total. The number of benzene rings is 1. The Morgan fingerprint density at radius 3 is 2.40 bits per heavy atom. The molecule has 0 radical (unpaired) electrons. The molecule has 2 unspecified atom stereocenters. The quantitative estimate of drug-likeness (QED) is 0.728. The van der Waals surface area contributed by atoms with Crippen molar-refractivity contribution >= 4 is 15.9 Å². The van der Waals surface area contributed by atoms with Crippen LogP contribution in [0.15, 0.2) is 16.6 Å². The van der Waals surface area contributed by atoms with Crippen LogP contribution in [0.2, 0.25) is 0 Å². The Bertz CT molecular complexity index is 359. The third-order valence-electron chi connectivity index (χ3n) is 1.93. The van der Waals surface area contributed by atoms with Crippen LogP contribution < -0.4 is 0 Å². The minimum atomic E-state index is -1.80. The maximum atomic E-state index is 13.4. The van der Waals surface area contributed by atoms with Crippen molar-refractivity contribution in [1.82, 2.24) is 0 Å². The molecule has 0 spiro atoms. The van der Waals surface area contributed by atoms with Crippen molar-refractivity contribution in [3.05, 3.63) is 33.8 Å². The van der Waals surface area contributed by atoms with Gasteiger partial charge in [0.2, 0.25) is 0 Å². The summed E-state index contributed by atoms with van der Waals surface area (Å²) in [5.74, 6) is -1.97. The van der Waals surface area contributed by atoms with E-state index in [-0.39, 0.29) is 4.47 Å². The Balaban J connectivity index is 3.18. The fraction of sp³-hybridized carbons (Fsp3) is 0.333. The predicted molar refractivity (Wildman–Crippen MR) is 52.1 cm³/mol. The highest BCUT2D eigenvalue weighted by Gasteiger charge is 2.25. The third-order valence-corrected chi connectivity index (χ3v) is 2.54. The van der Waals surface area contributed by atoms with Gasteiger partial charge in [-0.1, -0.05) is 0 Å². The van der Waals surface area contributed by atoms with Crippen LogP contribution in [-0.2, 0) is 0 Å². The van der Waals surface area contributed by atoms with E-state index < -0.39 is 36.0 Å². The fourth-order valence-electron chi connectivity index (χ4n) is 1.11. The number of hydrogen-bond acceptors (Lipinski definition) is 3. The van der Waals surface area contributed by atoms with E-state index >= 15 is 0 Å². The summed E-state index contributed by atoms with van der Waals surface area (Å²) in [5, 5.41) is 27.0. The first kappa shape index (κ1) is 12.5. The average molecular weight is 283 g/mol. The monoisotopic (exact) mass is 282 g/mol. The first-order chi connectivity index (χ1) is 6.99. The van der Waals surface area contributed by atoms with E-state index in [0.29, 0.717) is 0 Å². The molecule has 3 N–H and O–H groups in total. The first-order valence-corrected chi connectivity index (χ1v) is 4.88. The molecule has 0 saturated carbocycles. The van der Waals surface area contributed by atoms with Gasteiger partial charge < -0.3 is 15.3 Å². The minimum absolute atomic E-state index is 0.0249. The second-order valence-electron chi connectivity index (χ2n) is 2.95. The van der Waals surface area contributed by atoms with Crippen LogP contribution in [-0.4, -0.2) is 28.0 Å². The van der Waals surface area contributed by atoms with Crippen LogP contribution in [0.3, 0.4) is 0 Å². The minimum Gasteiger partial charge on any atom is -0.394 e. The van der Waals surface area contributed by atoms with Gasteiger partial charge in [-0.05, 0) is 28.1 Å². The number of rotatable bonds is 3. The normalized spacial score (nSPS) is 15.1. The van der Waals surface area contributed by atoms with E-state index in [9.17, 15) is 13.9 Å². The molecule has 15 heavy (non-hydrogen) atoms. The number of aliphatic hydroxyl groups is 3. The van der Waals surface area contributed by atoms with Crippen LogP contribution in [0.5, 0.6) is 0 Å². The molecule has 0 aliphatic carbocycles. The number of aliphatic hydroxyl groups excluding tert-OH is 3. The van der Waals surface area contributed by atoms with Crippen LogP contribution in [0, 0.1) is 11.6 Å². The molecular weight excluding hydrogens is 274 g/mol. The Morgan fingerprint density at radius 1 is 1.27 bits per heavy atom. The van der Waals surface area contributed by atoms with Crippen molar-refractivity contribution in [1.29, 1.82) is 0 Å². The largest absolute Gasteiger partial charge is 0.394 e. The lowest BCUT2D eigenvalue weighted by Gasteiger charge is -2.17. The van der Waals surface area contributed by atoms with Crippen LogP contribution in [0.1, 0.15) is 11.7 Å². The molecule has 1 aromatic rings. The lowest BCUT2D eigenvalue weighted by atomic mass is 10.0. The molecule has 0 heterocycles. The molecule has 1 aromatic carbocycles. The van der Waals surface area contributed by atoms with E-state index in [1.165, 1.54) is 0 Å². The molecule has 1 rings (SSSR count). The zero-order valence-corrected chi connectivity index (χ0v) is 9.08. The predicted octanol–water partition coefficient (Wildman–Crippen LogP) is 1.11. The molecule has 6 heteroatoms. The van der Waals surface area contributed by atoms with Crippen molar-refractivity contribution in [2.75, 3.05) is 6.61 Å². The molecule has 0 aliphatic heterocycles. The maximum absolute atomic E-state index is 13.4.